The second-order valence-electron chi connectivity index (χ2n) is 7.87. The third kappa shape index (κ3) is 3.58. The number of nitrogens with one attached hydrogen (secondary N) is 1. The zero-order valence-corrected chi connectivity index (χ0v) is 16.1. The van der Waals surface area contributed by atoms with Gasteiger partial charge in [-0.25, -0.2) is 4.68 Å². The average Bonchev–Trinajstić information content (AvgIpc) is 3.20. The van der Waals surface area contributed by atoms with Gasteiger partial charge in [-0.2, -0.15) is 5.10 Å². The molecule has 1 unspecified atom stereocenters. The molecule has 6 heteroatoms. The molecule has 2 aliphatic heterocycles. The van der Waals surface area contributed by atoms with E-state index in [1.54, 1.807) is 7.11 Å². The molecule has 2 aromatic rings. The zero-order chi connectivity index (χ0) is 18.9. The Morgan fingerprint density at radius 3 is 2.85 bits per heavy atom. The molecule has 1 spiro atoms. The van der Waals surface area contributed by atoms with Crippen molar-refractivity contribution in [2.75, 3.05) is 26.7 Å². The van der Waals surface area contributed by atoms with E-state index in [-0.39, 0.29) is 17.4 Å². The van der Waals surface area contributed by atoms with Crippen molar-refractivity contribution >= 4 is 5.91 Å². The third-order valence-electron chi connectivity index (χ3n) is 6.23. The molecule has 6 nitrogen and oxygen atoms in total. The van der Waals surface area contributed by atoms with Gasteiger partial charge in [-0.15, -0.1) is 0 Å². The van der Waals surface area contributed by atoms with Crippen molar-refractivity contribution in [2.45, 2.75) is 38.6 Å². The van der Waals surface area contributed by atoms with Crippen molar-refractivity contribution in [3.63, 3.8) is 0 Å². The minimum Gasteiger partial charge on any atom is -0.497 e. The number of aromatic nitrogens is 2. The van der Waals surface area contributed by atoms with E-state index in [2.05, 4.69) is 22.2 Å². The lowest BCUT2D eigenvalue weighted by Gasteiger charge is -2.47. The molecule has 2 aliphatic rings. The summed E-state index contributed by atoms with van der Waals surface area (Å²) in [5.41, 5.74) is 2.31. The van der Waals surface area contributed by atoms with Crippen molar-refractivity contribution < 1.29 is 9.53 Å². The van der Waals surface area contributed by atoms with Crippen LogP contribution in [0.15, 0.2) is 36.7 Å². The van der Waals surface area contributed by atoms with Crippen molar-refractivity contribution in [1.82, 2.24) is 20.0 Å². The molecule has 1 aromatic heterocycles. The lowest BCUT2D eigenvalue weighted by atomic mass is 9.72. The normalized spacial score (nSPS) is 20.7. The molecule has 27 heavy (non-hydrogen) atoms. The molecule has 1 N–H and O–H groups in total. The third-order valence-corrected chi connectivity index (χ3v) is 6.23. The first-order valence-corrected chi connectivity index (χ1v) is 9.79. The molecule has 1 aromatic carbocycles. The summed E-state index contributed by atoms with van der Waals surface area (Å²) in [7, 11) is 1.66. The standard InChI is InChI=1S/C21H28N4O2/c1-16(24-15-21(7-6-20(24)26)8-10-22-11-9-21)17-13-23-25(14-17)18-4-3-5-19(12-18)27-2/h3-5,12-14,16,22H,6-11,15H2,1-2H3. The summed E-state index contributed by atoms with van der Waals surface area (Å²) in [5.74, 6) is 1.07. The van der Waals surface area contributed by atoms with E-state index in [1.165, 1.54) is 0 Å². The molecule has 0 aliphatic carbocycles. The average molecular weight is 368 g/mol. The van der Waals surface area contributed by atoms with Gasteiger partial charge in [0, 0.05) is 30.8 Å². The number of hydrogen-bond acceptors (Lipinski definition) is 4. The van der Waals surface area contributed by atoms with Crippen LogP contribution in [0.3, 0.4) is 0 Å². The lowest BCUT2D eigenvalue weighted by molar-refractivity contribution is -0.141. The number of nitrogens with zero attached hydrogens (tertiary/aromatic N) is 3. The molecule has 1 amide bonds. The van der Waals surface area contributed by atoms with E-state index in [0.29, 0.717) is 6.42 Å². The van der Waals surface area contributed by atoms with Gasteiger partial charge in [0.1, 0.15) is 5.75 Å². The van der Waals surface area contributed by atoms with Crippen LogP contribution >= 0.6 is 0 Å². The molecule has 2 fully saturated rings. The van der Waals surface area contributed by atoms with Crippen LogP contribution < -0.4 is 10.1 Å². The highest BCUT2D eigenvalue weighted by Crippen LogP contribution is 2.41. The summed E-state index contributed by atoms with van der Waals surface area (Å²) in [6, 6.07) is 7.86. The topological polar surface area (TPSA) is 59.4 Å². The molecule has 3 heterocycles. The van der Waals surface area contributed by atoms with Crippen LogP contribution in [0.2, 0.25) is 0 Å². The zero-order valence-electron chi connectivity index (χ0n) is 16.1. The van der Waals surface area contributed by atoms with E-state index in [9.17, 15) is 4.79 Å². The number of rotatable bonds is 4. The Hall–Kier alpha value is -2.34. The summed E-state index contributed by atoms with van der Waals surface area (Å²) in [6.45, 7) is 5.10. The fourth-order valence-corrected chi connectivity index (χ4v) is 4.39. The van der Waals surface area contributed by atoms with Crippen LogP contribution in [0.25, 0.3) is 5.69 Å². The van der Waals surface area contributed by atoms with Gasteiger partial charge in [0.25, 0.3) is 0 Å². The van der Waals surface area contributed by atoms with Crippen molar-refractivity contribution in [2.24, 2.45) is 5.41 Å². The maximum Gasteiger partial charge on any atom is 0.223 e. The highest BCUT2D eigenvalue weighted by Gasteiger charge is 2.41. The largest absolute Gasteiger partial charge is 0.497 e. The number of methoxy groups -OCH3 is 1. The summed E-state index contributed by atoms with van der Waals surface area (Å²) in [5, 5.41) is 7.97. The predicted octanol–water partition coefficient (Wildman–Crippen LogP) is 2.93. The molecule has 0 bridgehead atoms. The van der Waals surface area contributed by atoms with Gasteiger partial charge in [0.2, 0.25) is 5.91 Å². The van der Waals surface area contributed by atoms with Crippen LogP contribution in [0.1, 0.15) is 44.2 Å². The molecular weight excluding hydrogens is 340 g/mol. The van der Waals surface area contributed by atoms with E-state index < -0.39 is 0 Å². The highest BCUT2D eigenvalue weighted by atomic mass is 16.5. The first-order chi connectivity index (χ1) is 13.1. The van der Waals surface area contributed by atoms with Crippen LogP contribution in [0.5, 0.6) is 5.75 Å². The number of carbonyl (C=O) groups is 1. The summed E-state index contributed by atoms with van der Waals surface area (Å²) in [6.07, 6.45) is 7.91. The van der Waals surface area contributed by atoms with E-state index >= 15 is 0 Å². The second-order valence-corrected chi connectivity index (χ2v) is 7.87. The number of piperidine rings is 2. The van der Waals surface area contributed by atoms with Gasteiger partial charge in [-0.1, -0.05) is 6.07 Å². The van der Waals surface area contributed by atoms with Crippen molar-refractivity contribution in [1.29, 1.82) is 0 Å². The number of amides is 1. The highest BCUT2D eigenvalue weighted by molar-refractivity contribution is 5.77. The minimum atomic E-state index is 0.0314. The predicted molar refractivity (Wildman–Crippen MR) is 104 cm³/mol. The smallest absolute Gasteiger partial charge is 0.223 e. The quantitative estimate of drug-likeness (QED) is 0.901. The van der Waals surface area contributed by atoms with Gasteiger partial charge in [-0.3, -0.25) is 4.79 Å². The molecule has 144 valence electrons. The summed E-state index contributed by atoms with van der Waals surface area (Å²) >= 11 is 0. The Bertz CT molecular complexity index is 810. The monoisotopic (exact) mass is 368 g/mol. The van der Waals surface area contributed by atoms with Gasteiger partial charge in [0.15, 0.2) is 0 Å². The Labute approximate surface area is 160 Å². The van der Waals surface area contributed by atoms with Crippen molar-refractivity contribution in [3.05, 3.63) is 42.2 Å². The van der Waals surface area contributed by atoms with Crippen LogP contribution in [-0.4, -0.2) is 47.3 Å². The Kier molecular flexibility index (Phi) is 4.91. The summed E-state index contributed by atoms with van der Waals surface area (Å²) < 4.78 is 7.15. The maximum absolute atomic E-state index is 12.7. The number of carbonyl (C=O) groups excluding carboxylic acids is 1. The van der Waals surface area contributed by atoms with E-state index in [4.69, 9.17) is 4.74 Å². The summed E-state index contributed by atoms with van der Waals surface area (Å²) in [4.78, 5) is 14.7. The van der Waals surface area contributed by atoms with Gasteiger partial charge < -0.3 is 15.0 Å². The molecular formula is C21H28N4O2. The molecule has 0 saturated carbocycles. The first kappa shape index (κ1) is 18.0. The minimum absolute atomic E-state index is 0.0314. The van der Waals surface area contributed by atoms with Gasteiger partial charge >= 0.3 is 0 Å². The van der Waals surface area contributed by atoms with Crippen LogP contribution in [-0.2, 0) is 4.79 Å². The van der Waals surface area contributed by atoms with Crippen LogP contribution in [0.4, 0.5) is 0 Å². The van der Waals surface area contributed by atoms with E-state index in [0.717, 1.165) is 55.9 Å². The number of likely N-dealkylation sites (tertiary alicyclic amines) is 1. The molecule has 0 radical (unpaired) electrons. The lowest BCUT2D eigenvalue weighted by Crippen LogP contribution is -2.51. The van der Waals surface area contributed by atoms with Gasteiger partial charge in [0.05, 0.1) is 25.0 Å². The molecule has 2 saturated heterocycles. The first-order valence-electron chi connectivity index (χ1n) is 9.79. The SMILES string of the molecule is COc1cccc(-n2cc(C(C)N3CC4(CCNCC4)CCC3=O)cn2)c1. The van der Waals surface area contributed by atoms with Crippen LogP contribution in [0, 0.1) is 5.41 Å². The van der Waals surface area contributed by atoms with Gasteiger partial charge in [-0.05, 0) is 56.8 Å². The second kappa shape index (κ2) is 7.35. The Morgan fingerprint density at radius 2 is 2.07 bits per heavy atom. The maximum atomic E-state index is 12.7. The van der Waals surface area contributed by atoms with E-state index in [1.807, 2.05) is 41.3 Å². The number of hydrogen-bond donors (Lipinski definition) is 1. The van der Waals surface area contributed by atoms with Crippen molar-refractivity contribution in [3.8, 4) is 11.4 Å². The molecule has 4 rings (SSSR count). The Balaban J connectivity index is 1.54. The Morgan fingerprint density at radius 1 is 1.26 bits per heavy atom. The number of benzene rings is 1. The number of ether oxygens (including phenoxy) is 1. The fourth-order valence-electron chi connectivity index (χ4n) is 4.39. The molecule has 1 atom stereocenters. The fraction of sp³-hybridized carbons (Fsp3) is 0.524.